The molecule has 1 saturated carbocycles. The number of nitrogens with one attached hydrogen (secondary N) is 1. The Bertz CT molecular complexity index is 504. The molecule has 3 rings (SSSR count). The van der Waals surface area contributed by atoms with Crippen LogP contribution in [-0.2, 0) is 0 Å². The van der Waals surface area contributed by atoms with Crippen molar-refractivity contribution in [2.45, 2.75) is 32.7 Å². The summed E-state index contributed by atoms with van der Waals surface area (Å²) in [6.45, 7) is 6.76. The lowest BCUT2D eigenvalue weighted by atomic mass is 10.00. The van der Waals surface area contributed by atoms with E-state index in [9.17, 15) is 0 Å². The van der Waals surface area contributed by atoms with Crippen LogP contribution in [0.2, 0.25) is 0 Å². The number of hydrogen-bond donors (Lipinski definition) is 1. The molecule has 3 nitrogen and oxygen atoms in total. The standard InChI is InChI=1S/C17H23NO2/c1-12(2)14(11-18-15-4-5-15)9-13-3-6-16-17(10-13)20-8-7-19-16/h3,6,9-10,12,15,18H,4-5,7-8,11H2,1-2H3. The molecule has 108 valence electrons. The van der Waals surface area contributed by atoms with Gasteiger partial charge in [-0.15, -0.1) is 0 Å². The second-order valence-corrected chi connectivity index (χ2v) is 5.93. The van der Waals surface area contributed by atoms with Crippen LogP contribution < -0.4 is 14.8 Å². The minimum absolute atomic E-state index is 0.550. The van der Waals surface area contributed by atoms with Gasteiger partial charge in [-0.3, -0.25) is 0 Å². The number of ether oxygens (including phenoxy) is 2. The summed E-state index contributed by atoms with van der Waals surface area (Å²) in [6.07, 6.45) is 4.93. The van der Waals surface area contributed by atoms with Gasteiger partial charge in [0.2, 0.25) is 0 Å². The second-order valence-electron chi connectivity index (χ2n) is 5.93. The van der Waals surface area contributed by atoms with Gasteiger partial charge in [0.1, 0.15) is 13.2 Å². The van der Waals surface area contributed by atoms with Gasteiger partial charge in [0.15, 0.2) is 11.5 Å². The zero-order valence-electron chi connectivity index (χ0n) is 12.3. The normalized spacial score (nSPS) is 18.4. The summed E-state index contributed by atoms with van der Waals surface area (Å²) in [5.74, 6) is 2.27. The van der Waals surface area contributed by atoms with E-state index < -0.39 is 0 Å². The predicted octanol–water partition coefficient (Wildman–Crippen LogP) is 3.25. The van der Waals surface area contributed by atoms with Crippen molar-refractivity contribution in [3.8, 4) is 11.5 Å². The molecule has 1 heterocycles. The van der Waals surface area contributed by atoms with Crippen LogP contribution >= 0.6 is 0 Å². The number of fused-ring (bicyclic) bond motifs is 1. The SMILES string of the molecule is CC(C)C(=Cc1ccc2c(c1)OCCO2)CNC1CC1. The Morgan fingerprint density at radius 2 is 2.00 bits per heavy atom. The highest BCUT2D eigenvalue weighted by molar-refractivity contribution is 5.59. The Hall–Kier alpha value is -1.48. The van der Waals surface area contributed by atoms with Gasteiger partial charge < -0.3 is 14.8 Å². The zero-order valence-corrected chi connectivity index (χ0v) is 12.3. The van der Waals surface area contributed by atoms with Crippen LogP contribution in [0.4, 0.5) is 0 Å². The topological polar surface area (TPSA) is 30.5 Å². The van der Waals surface area contributed by atoms with E-state index in [-0.39, 0.29) is 0 Å². The Morgan fingerprint density at radius 1 is 1.25 bits per heavy atom. The summed E-state index contributed by atoms with van der Waals surface area (Å²) in [5.41, 5.74) is 2.63. The Balaban J connectivity index is 1.76. The van der Waals surface area contributed by atoms with Crippen LogP contribution in [0.3, 0.4) is 0 Å². The fourth-order valence-electron chi connectivity index (χ4n) is 2.34. The highest BCUT2D eigenvalue weighted by atomic mass is 16.6. The summed E-state index contributed by atoms with van der Waals surface area (Å²) in [6, 6.07) is 6.94. The van der Waals surface area contributed by atoms with Gasteiger partial charge in [-0.25, -0.2) is 0 Å². The van der Waals surface area contributed by atoms with E-state index in [1.165, 1.54) is 24.0 Å². The van der Waals surface area contributed by atoms with Crippen LogP contribution in [0.1, 0.15) is 32.3 Å². The van der Waals surface area contributed by atoms with Crippen molar-refractivity contribution in [3.63, 3.8) is 0 Å². The molecule has 1 aliphatic carbocycles. The van der Waals surface area contributed by atoms with Crippen molar-refractivity contribution in [1.82, 2.24) is 5.32 Å². The Labute approximate surface area is 121 Å². The lowest BCUT2D eigenvalue weighted by Crippen LogP contribution is -2.21. The molecule has 3 heteroatoms. The van der Waals surface area contributed by atoms with Crippen LogP contribution in [-0.4, -0.2) is 25.8 Å². The molecule has 1 aliphatic heterocycles. The minimum Gasteiger partial charge on any atom is -0.486 e. The molecule has 0 amide bonds. The van der Waals surface area contributed by atoms with Gasteiger partial charge in [-0.05, 0) is 36.5 Å². The van der Waals surface area contributed by atoms with E-state index >= 15 is 0 Å². The molecule has 1 aromatic carbocycles. The molecule has 0 atom stereocenters. The quantitative estimate of drug-likeness (QED) is 0.893. The van der Waals surface area contributed by atoms with Crippen LogP contribution in [0, 0.1) is 5.92 Å². The summed E-state index contributed by atoms with van der Waals surface area (Å²) < 4.78 is 11.2. The molecule has 0 saturated heterocycles. The summed E-state index contributed by atoms with van der Waals surface area (Å²) in [7, 11) is 0. The van der Waals surface area contributed by atoms with E-state index in [0.29, 0.717) is 19.1 Å². The van der Waals surface area contributed by atoms with Gasteiger partial charge in [-0.2, -0.15) is 0 Å². The van der Waals surface area contributed by atoms with E-state index in [2.05, 4.69) is 37.4 Å². The summed E-state index contributed by atoms with van der Waals surface area (Å²) >= 11 is 0. The third-order valence-electron chi connectivity index (χ3n) is 3.83. The second kappa shape index (κ2) is 5.88. The molecule has 1 aromatic rings. The van der Waals surface area contributed by atoms with Crippen LogP contribution in [0.15, 0.2) is 23.8 Å². The van der Waals surface area contributed by atoms with Crippen molar-refractivity contribution >= 4 is 6.08 Å². The Kier molecular flexibility index (Phi) is 3.97. The molecule has 1 N–H and O–H groups in total. The monoisotopic (exact) mass is 273 g/mol. The van der Waals surface area contributed by atoms with Crippen molar-refractivity contribution in [2.75, 3.05) is 19.8 Å². The summed E-state index contributed by atoms with van der Waals surface area (Å²) in [5, 5.41) is 3.60. The van der Waals surface area contributed by atoms with E-state index in [1.807, 2.05) is 6.07 Å². The van der Waals surface area contributed by atoms with Gasteiger partial charge in [-0.1, -0.05) is 31.6 Å². The fraction of sp³-hybridized carbons (Fsp3) is 0.529. The van der Waals surface area contributed by atoms with Gasteiger partial charge in [0.05, 0.1) is 0 Å². The first-order chi connectivity index (χ1) is 9.72. The molecule has 0 bridgehead atoms. The van der Waals surface area contributed by atoms with E-state index in [0.717, 1.165) is 24.1 Å². The van der Waals surface area contributed by atoms with E-state index in [4.69, 9.17) is 9.47 Å². The van der Waals surface area contributed by atoms with Gasteiger partial charge in [0.25, 0.3) is 0 Å². The number of rotatable bonds is 5. The predicted molar refractivity (Wildman–Crippen MR) is 81.3 cm³/mol. The molecule has 1 fully saturated rings. The molecular formula is C17H23NO2. The molecule has 0 spiro atoms. The Morgan fingerprint density at radius 3 is 2.70 bits per heavy atom. The highest BCUT2D eigenvalue weighted by Gasteiger charge is 2.20. The van der Waals surface area contributed by atoms with Crippen molar-refractivity contribution in [3.05, 3.63) is 29.3 Å². The number of hydrogen-bond acceptors (Lipinski definition) is 3. The smallest absolute Gasteiger partial charge is 0.161 e. The summed E-state index contributed by atoms with van der Waals surface area (Å²) in [4.78, 5) is 0. The van der Waals surface area contributed by atoms with Crippen LogP contribution in [0.25, 0.3) is 6.08 Å². The third kappa shape index (κ3) is 3.34. The molecule has 0 radical (unpaired) electrons. The maximum absolute atomic E-state index is 5.64. The average molecular weight is 273 g/mol. The molecular weight excluding hydrogens is 250 g/mol. The highest BCUT2D eigenvalue weighted by Crippen LogP contribution is 2.31. The first-order valence-corrected chi connectivity index (χ1v) is 7.56. The lowest BCUT2D eigenvalue weighted by molar-refractivity contribution is 0.171. The number of benzene rings is 1. The molecule has 0 aromatic heterocycles. The fourth-order valence-corrected chi connectivity index (χ4v) is 2.34. The van der Waals surface area contributed by atoms with Crippen molar-refractivity contribution in [1.29, 1.82) is 0 Å². The maximum atomic E-state index is 5.64. The lowest BCUT2D eigenvalue weighted by Gasteiger charge is -2.19. The largest absolute Gasteiger partial charge is 0.486 e. The van der Waals surface area contributed by atoms with Crippen molar-refractivity contribution in [2.24, 2.45) is 5.92 Å². The van der Waals surface area contributed by atoms with Crippen LogP contribution in [0.5, 0.6) is 11.5 Å². The third-order valence-corrected chi connectivity index (χ3v) is 3.83. The average Bonchev–Trinajstić information content (AvgIpc) is 3.27. The molecule has 20 heavy (non-hydrogen) atoms. The zero-order chi connectivity index (χ0) is 13.9. The first kappa shape index (κ1) is 13.5. The maximum Gasteiger partial charge on any atom is 0.161 e. The van der Waals surface area contributed by atoms with E-state index in [1.54, 1.807) is 0 Å². The first-order valence-electron chi connectivity index (χ1n) is 7.56. The molecule has 0 unspecified atom stereocenters. The van der Waals surface area contributed by atoms with Gasteiger partial charge in [0, 0.05) is 12.6 Å². The van der Waals surface area contributed by atoms with Gasteiger partial charge >= 0.3 is 0 Å². The van der Waals surface area contributed by atoms with Crippen molar-refractivity contribution < 1.29 is 9.47 Å². The minimum atomic E-state index is 0.550. The molecule has 2 aliphatic rings.